The van der Waals surface area contributed by atoms with Crippen molar-refractivity contribution in [2.45, 2.75) is 13.8 Å². The van der Waals surface area contributed by atoms with Gasteiger partial charge >= 0.3 is 0 Å². The van der Waals surface area contributed by atoms with E-state index in [1.54, 1.807) is 0 Å². The predicted octanol–water partition coefficient (Wildman–Crippen LogP) is 7.92. The lowest BCUT2D eigenvalue weighted by atomic mass is 9.92. The lowest BCUT2D eigenvalue weighted by molar-refractivity contribution is 1.37. The van der Waals surface area contributed by atoms with E-state index >= 15 is 0 Å². The molecule has 4 rings (SSSR count). The first-order chi connectivity index (χ1) is 13.7. The summed E-state index contributed by atoms with van der Waals surface area (Å²) in [6.45, 7) is 4.39. The number of rotatable bonds is 2. The monoisotopic (exact) mass is 360 g/mol. The summed E-state index contributed by atoms with van der Waals surface area (Å²) in [5, 5.41) is 2.54. The minimum atomic E-state index is 1.23. The van der Waals surface area contributed by atoms with Crippen molar-refractivity contribution in [3.63, 3.8) is 0 Å². The van der Waals surface area contributed by atoms with Crippen molar-refractivity contribution >= 4 is 10.8 Å². The molecule has 0 saturated carbocycles. The molecular formula is C28H24. The summed E-state index contributed by atoms with van der Waals surface area (Å²) in [6, 6.07) is 38.8. The smallest absolute Gasteiger partial charge is 0.00963 e. The van der Waals surface area contributed by atoms with Crippen LogP contribution in [0.2, 0.25) is 0 Å². The highest BCUT2D eigenvalue weighted by Gasteiger charge is 2.08. The maximum atomic E-state index is 2.33. The maximum Gasteiger partial charge on any atom is -0.00963 e. The molecule has 0 N–H and O–H groups in total. The molecule has 0 atom stereocenters. The Morgan fingerprint density at radius 2 is 0.714 bits per heavy atom. The second-order valence-corrected chi connectivity index (χ2v) is 7.14. The fraction of sp³-hybridized carbons (Fsp3) is 0.0714. The molecule has 0 bridgehead atoms. The SMILES string of the molecule is Cc1cc2c(-c3ccccc3)ccccccc(-c3ccccc3)c2cc1C. The number of hydrogen-bond donors (Lipinski definition) is 0. The number of benzene rings is 3. The summed E-state index contributed by atoms with van der Waals surface area (Å²) in [5.41, 5.74) is 7.57. The first-order valence-electron chi connectivity index (χ1n) is 9.72. The van der Waals surface area contributed by atoms with E-state index in [0.29, 0.717) is 0 Å². The summed E-state index contributed by atoms with van der Waals surface area (Å²) in [5.74, 6) is 0. The third kappa shape index (κ3) is 3.68. The van der Waals surface area contributed by atoms with Gasteiger partial charge in [-0.1, -0.05) is 109 Å². The second kappa shape index (κ2) is 8.10. The molecule has 0 fully saturated rings. The van der Waals surface area contributed by atoms with Crippen LogP contribution in [0.5, 0.6) is 0 Å². The van der Waals surface area contributed by atoms with E-state index in [2.05, 4.69) is 123 Å². The molecule has 0 nitrogen and oxygen atoms in total. The molecule has 0 aliphatic rings. The summed E-state index contributed by atoms with van der Waals surface area (Å²) in [7, 11) is 0. The molecule has 0 amide bonds. The normalized spacial score (nSPS) is 10.5. The summed E-state index contributed by atoms with van der Waals surface area (Å²) < 4.78 is 0. The van der Waals surface area contributed by atoms with E-state index in [1.165, 1.54) is 44.2 Å². The third-order valence-electron chi connectivity index (χ3n) is 5.24. The molecule has 0 heteroatoms. The Labute approximate surface area is 167 Å². The van der Waals surface area contributed by atoms with Crippen molar-refractivity contribution in [2.24, 2.45) is 0 Å². The van der Waals surface area contributed by atoms with Crippen molar-refractivity contribution in [3.8, 4) is 22.3 Å². The van der Waals surface area contributed by atoms with Crippen LogP contribution in [0.1, 0.15) is 11.1 Å². The van der Waals surface area contributed by atoms with Gasteiger partial charge in [0, 0.05) is 0 Å². The van der Waals surface area contributed by atoms with Crippen LogP contribution in [0.4, 0.5) is 0 Å². The highest BCUT2D eigenvalue weighted by molar-refractivity contribution is 6.03. The van der Waals surface area contributed by atoms with E-state index in [-0.39, 0.29) is 0 Å². The molecular weight excluding hydrogens is 336 g/mol. The Hall–Kier alpha value is -3.38. The molecule has 0 saturated heterocycles. The minimum Gasteiger partial charge on any atom is -0.0622 e. The van der Waals surface area contributed by atoms with Crippen LogP contribution in [0.25, 0.3) is 33.0 Å². The van der Waals surface area contributed by atoms with Gasteiger partial charge in [0.25, 0.3) is 0 Å². The molecule has 136 valence electrons. The summed E-state index contributed by atoms with van der Waals surface area (Å²) in [4.78, 5) is 0. The van der Waals surface area contributed by atoms with Gasteiger partial charge in [0.1, 0.15) is 0 Å². The van der Waals surface area contributed by atoms with Crippen LogP contribution in [0.15, 0.2) is 109 Å². The largest absolute Gasteiger partial charge is 0.0622 e. The van der Waals surface area contributed by atoms with Gasteiger partial charge in [-0.25, -0.2) is 0 Å². The molecule has 0 radical (unpaired) electrons. The van der Waals surface area contributed by atoms with Gasteiger partial charge < -0.3 is 0 Å². The Morgan fingerprint density at radius 1 is 0.393 bits per heavy atom. The fourth-order valence-corrected chi connectivity index (χ4v) is 3.61. The average Bonchev–Trinajstić information content (AvgIpc) is 2.74. The first kappa shape index (κ1) is 18.0. The van der Waals surface area contributed by atoms with Gasteiger partial charge in [-0.15, -0.1) is 0 Å². The highest BCUT2D eigenvalue weighted by atomic mass is 14.1. The van der Waals surface area contributed by atoms with Gasteiger partial charge in [-0.3, -0.25) is 0 Å². The topological polar surface area (TPSA) is 0 Å². The fourth-order valence-electron chi connectivity index (χ4n) is 3.61. The standard InChI is InChI=1S/C28H24/c1-21-19-27-25(23-13-7-5-8-14-23)17-11-3-4-12-18-26(28(27)20-22(21)2)24-15-9-6-10-16-24/h3-20H,1-2H3. The Balaban J connectivity index is 2.21. The van der Waals surface area contributed by atoms with E-state index in [0.717, 1.165) is 0 Å². The number of hydrogen-bond acceptors (Lipinski definition) is 0. The van der Waals surface area contributed by atoms with Crippen LogP contribution >= 0.6 is 0 Å². The molecule has 0 unspecified atom stereocenters. The third-order valence-corrected chi connectivity index (χ3v) is 5.24. The van der Waals surface area contributed by atoms with Crippen molar-refractivity contribution in [1.82, 2.24) is 0 Å². The quantitative estimate of drug-likeness (QED) is 0.340. The minimum absolute atomic E-state index is 1.23. The molecule has 4 aromatic carbocycles. The highest BCUT2D eigenvalue weighted by Crippen LogP contribution is 2.34. The maximum absolute atomic E-state index is 2.33. The predicted molar refractivity (Wildman–Crippen MR) is 122 cm³/mol. The van der Waals surface area contributed by atoms with Crippen LogP contribution in [-0.4, -0.2) is 0 Å². The molecule has 0 aliphatic carbocycles. The average molecular weight is 361 g/mol. The Bertz CT molecular complexity index is 1060. The summed E-state index contributed by atoms with van der Waals surface area (Å²) >= 11 is 0. The van der Waals surface area contributed by atoms with Gasteiger partial charge in [0.2, 0.25) is 0 Å². The van der Waals surface area contributed by atoms with Crippen LogP contribution in [-0.2, 0) is 0 Å². The zero-order valence-corrected chi connectivity index (χ0v) is 16.4. The van der Waals surface area contributed by atoms with Crippen LogP contribution in [0.3, 0.4) is 0 Å². The van der Waals surface area contributed by atoms with Crippen molar-refractivity contribution in [3.05, 3.63) is 120 Å². The molecule has 4 aromatic rings. The van der Waals surface area contributed by atoms with Gasteiger partial charge in [-0.05, 0) is 58.0 Å². The first-order valence-corrected chi connectivity index (χ1v) is 9.72. The van der Waals surface area contributed by atoms with E-state index in [9.17, 15) is 0 Å². The molecule has 0 spiro atoms. The van der Waals surface area contributed by atoms with Gasteiger partial charge in [-0.2, -0.15) is 0 Å². The van der Waals surface area contributed by atoms with E-state index < -0.39 is 0 Å². The summed E-state index contributed by atoms with van der Waals surface area (Å²) in [6.07, 6.45) is 0. The zero-order valence-electron chi connectivity index (χ0n) is 16.4. The molecule has 0 aliphatic heterocycles. The zero-order chi connectivity index (χ0) is 19.3. The van der Waals surface area contributed by atoms with E-state index in [4.69, 9.17) is 0 Å². The van der Waals surface area contributed by atoms with Gasteiger partial charge in [0.15, 0.2) is 0 Å². The lowest BCUT2D eigenvalue weighted by Crippen LogP contribution is -1.87. The van der Waals surface area contributed by atoms with Crippen LogP contribution in [0, 0.1) is 13.8 Å². The second-order valence-electron chi connectivity index (χ2n) is 7.14. The lowest BCUT2D eigenvalue weighted by Gasteiger charge is -2.12. The van der Waals surface area contributed by atoms with Crippen molar-refractivity contribution < 1.29 is 0 Å². The van der Waals surface area contributed by atoms with Crippen molar-refractivity contribution in [1.29, 1.82) is 0 Å². The Kier molecular flexibility index (Phi) is 5.21. The molecule has 0 heterocycles. The number of fused-ring (bicyclic) bond motifs is 1. The number of aryl methyl sites for hydroxylation is 2. The van der Waals surface area contributed by atoms with Crippen molar-refractivity contribution in [2.75, 3.05) is 0 Å². The Morgan fingerprint density at radius 3 is 1.11 bits per heavy atom. The van der Waals surface area contributed by atoms with Crippen LogP contribution < -0.4 is 0 Å². The van der Waals surface area contributed by atoms with E-state index in [1.807, 2.05) is 0 Å². The molecule has 0 aromatic heterocycles. The molecule has 28 heavy (non-hydrogen) atoms. The van der Waals surface area contributed by atoms with Gasteiger partial charge in [0.05, 0.1) is 0 Å².